The molecule has 0 radical (unpaired) electrons. The van der Waals surface area contributed by atoms with Crippen molar-refractivity contribution in [1.82, 2.24) is 4.98 Å². The molecule has 1 aromatic heterocycles. The van der Waals surface area contributed by atoms with E-state index in [9.17, 15) is 4.79 Å². The molecule has 0 fully saturated rings. The molecule has 0 saturated carbocycles. The van der Waals surface area contributed by atoms with Crippen molar-refractivity contribution in [1.29, 1.82) is 0 Å². The lowest BCUT2D eigenvalue weighted by Gasteiger charge is -2.43. The number of ether oxygens (including phenoxy) is 1. The summed E-state index contributed by atoms with van der Waals surface area (Å²) in [5.41, 5.74) is 6.78. The number of hydrogen-bond donors (Lipinski definition) is 0. The van der Waals surface area contributed by atoms with Gasteiger partial charge in [0.2, 0.25) is 5.72 Å². The van der Waals surface area contributed by atoms with E-state index < -0.39 is 11.7 Å². The lowest BCUT2D eigenvalue weighted by atomic mass is 9.88. The van der Waals surface area contributed by atoms with Crippen molar-refractivity contribution >= 4 is 34.4 Å². The monoisotopic (exact) mass is 549 g/mol. The number of fused-ring (bicyclic) bond motifs is 1. The normalized spacial score (nSPS) is 15.7. The third-order valence-corrected chi connectivity index (χ3v) is 7.87. The SMILES string of the molecule is CCN(CC)c1ccc(C2(N(c3ccc(N(C)C)cc3)c3ccc(N(C)C)cc3)OC(=O)c3ncccc32)c(C)c1. The Morgan fingerprint density at radius 1 is 0.707 bits per heavy atom. The van der Waals surface area contributed by atoms with Gasteiger partial charge in [0.15, 0.2) is 5.69 Å². The topological polar surface area (TPSA) is 52.2 Å². The quantitative estimate of drug-likeness (QED) is 0.219. The highest BCUT2D eigenvalue weighted by Crippen LogP contribution is 2.51. The van der Waals surface area contributed by atoms with Gasteiger partial charge in [-0.1, -0.05) is 6.07 Å². The van der Waals surface area contributed by atoms with Crippen LogP contribution in [-0.4, -0.2) is 52.2 Å². The van der Waals surface area contributed by atoms with Gasteiger partial charge < -0.3 is 19.4 Å². The van der Waals surface area contributed by atoms with Crippen molar-refractivity contribution in [2.45, 2.75) is 26.5 Å². The molecule has 1 atom stereocenters. The van der Waals surface area contributed by atoms with Crippen LogP contribution < -0.4 is 19.6 Å². The Labute approximate surface area is 243 Å². The van der Waals surface area contributed by atoms with Crippen LogP contribution in [0.3, 0.4) is 0 Å². The average Bonchev–Trinajstić information content (AvgIpc) is 3.27. The Balaban J connectivity index is 1.81. The number of esters is 1. The summed E-state index contributed by atoms with van der Waals surface area (Å²) in [7, 11) is 8.09. The molecule has 0 N–H and O–H groups in total. The molecular formula is C34H39N5O2. The second-order valence-corrected chi connectivity index (χ2v) is 10.8. The Hall–Kier alpha value is -4.52. The molecule has 1 aliphatic rings. The minimum Gasteiger partial charge on any atom is -0.425 e. The van der Waals surface area contributed by atoms with Crippen LogP contribution in [0.15, 0.2) is 85.1 Å². The molecule has 2 heterocycles. The number of rotatable bonds is 9. The Kier molecular flexibility index (Phi) is 7.63. The minimum absolute atomic E-state index is 0.333. The number of cyclic esters (lactones) is 1. The molecule has 0 aliphatic carbocycles. The summed E-state index contributed by atoms with van der Waals surface area (Å²) in [4.78, 5) is 26.6. The van der Waals surface area contributed by atoms with E-state index in [4.69, 9.17) is 4.74 Å². The van der Waals surface area contributed by atoms with E-state index in [1.165, 1.54) is 0 Å². The molecule has 0 bridgehead atoms. The van der Waals surface area contributed by atoms with Crippen LogP contribution in [0.4, 0.5) is 28.4 Å². The van der Waals surface area contributed by atoms with Gasteiger partial charge in [0, 0.05) is 81.5 Å². The van der Waals surface area contributed by atoms with Crippen LogP contribution in [0.1, 0.15) is 41.0 Å². The molecule has 0 spiro atoms. The Bertz CT molecular complexity index is 1480. The third-order valence-electron chi connectivity index (χ3n) is 7.87. The van der Waals surface area contributed by atoms with Crippen molar-refractivity contribution in [3.8, 4) is 0 Å². The van der Waals surface area contributed by atoms with E-state index in [2.05, 4.69) is 112 Å². The summed E-state index contributed by atoms with van der Waals surface area (Å²) < 4.78 is 6.56. The largest absolute Gasteiger partial charge is 0.425 e. The third kappa shape index (κ3) is 4.86. The maximum atomic E-state index is 13.6. The number of aromatic nitrogens is 1. The van der Waals surface area contributed by atoms with E-state index in [0.29, 0.717) is 5.69 Å². The standard InChI is InChI=1S/C34H39N5O2/c1-8-38(9-2)29-20-21-30(24(3)23-29)34(31-11-10-22-35-32(31)33(40)41-34)39(27-16-12-25(13-17-27)36(4)5)28-18-14-26(15-19-28)37(6)7/h10-23H,8-9H2,1-7H3. The summed E-state index contributed by atoms with van der Waals surface area (Å²) in [6.45, 7) is 8.22. The first-order valence-corrected chi connectivity index (χ1v) is 14.1. The first-order chi connectivity index (χ1) is 19.7. The smallest absolute Gasteiger partial charge is 0.360 e. The van der Waals surface area contributed by atoms with Crippen LogP contribution in [0.5, 0.6) is 0 Å². The number of pyridine rings is 1. The summed E-state index contributed by atoms with van der Waals surface area (Å²) in [5, 5.41) is 0. The molecule has 41 heavy (non-hydrogen) atoms. The molecular weight excluding hydrogens is 510 g/mol. The van der Waals surface area contributed by atoms with Crippen LogP contribution in [0.25, 0.3) is 0 Å². The van der Waals surface area contributed by atoms with Crippen molar-refractivity contribution in [3.05, 3.63) is 107 Å². The first kappa shape index (κ1) is 28.0. The lowest BCUT2D eigenvalue weighted by molar-refractivity contribution is 0.0129. The predicted molar refractivity (Wildman–Crippen MR) is 169 cm³/mol. The maximum Gasteiger partial charge on any atom is 0.360 e. The number of hydrogen-bond acceptors (Lipinski definition) is 7. The minimum atomic E-state index is -1.27. The van der Waals surface area contributed by atoms with Crippen molar-refractivity contribution in [2.24, 2.45) is 0 Å². The summed E-state index contributed by atoms with van der Waals surface area (Å²) in [6.07, 6.45) is 1.65. The zero-order valence-electron chi connectivity index (χ0n) is 25.0. The molecule has 0 saturated heterocycles. The molecule has 5 rings (SSSR count). The lowest BCUT2D eigenvalue weighted by Crippen LogP contribution is -2.45. The predicted octanol–water partition coefficient (Wildman–Crippen LogP) is 6.58. The molecule has 212 valence electrons. The van der Waals surface area contributed by atoms with Gasteiger partial charge in [-0.2, -0.15) is 0 Å². The van der Waals surface area contributed by atoms with Crippen LogP contribution >= 0.6 is 0 Å². The Morgan fingerprint density at radius 3 is 1.71 bits per heavy atom. The van der Waals surface area contributed by atoms with Crippen molar-refractivity contribution < 1.29 is 9.53 Å². The van der Waals surface area contributed by atoms with Crippen LogP contribution in [-0.2, 0) is 10.5 Å². The number of carbonyl (C=O) groups excluding carboxylic acids is 1. The Morgan fingerprint density at radius 2 is 1.22 bits per heavy atom. The maximum absolute atomic E-state index is 13.6. The van der Waals surface area contributed by atoms with Gasteiger partial charge in [-0.05, 0) is 99.1 Å². The van der Waals surface area contributed by atoms with Gasteiger partial charge in [-0.25, -0.2) is 9.78 Å². The fourth-order valence-electron chi connectivity index (χ4n) is 5.69. The molecule has 1 aliphatic heterocycles. The number of nitrogens with zero attached hydrogens (tertiary/aromatic N) is 5. The highest BCUT2D eigenvalue weighted by molar-refractivity contribution is 5.95. The molecule has 7 nitrogen and oxygen atoms in total. The second-order valence-electron chi connectivity index (χ2n) is 10.8. The number of benzene rings is 3. The van der Waals surface area contributed by atoms with E-state index in [1.54, 1.807) is 6.20 Å². The van der Waals surface area contributed by atoms with E-state index >= 15 is 0 Å². The van der Waals surface area contributed by atoms with Gasteiger partial charge in [0.05, 0.1) is 5.56 Å². The van der Waals surface area contributed by atoms with Gasteiger partial charge >= 0.3 is 5.97 Å². The van der Waals surface area contributed by atoms with Crippen LogP contribution in [0.2, 0.25) is 0 Å². The number of aryl methyl sites for hydroxylation is 1. The molecule has 7 heteroatoms. The van der Waals surface area contributed by atoms with E-state index in [1.807, 2.05) is 40.3 Å². The fourth-order valence-corrected chi connectivity index (χ4v) is 5.69. The summed E-state index contributed by atoms with van der Waals surface area (Å²) in [5.74, 6) is -0.437. The zero-order chi connectivity index (χ0) is 29.3. The molecule has 0 amide bonds. The van der Waals surface area contributed by atoms with Crippen molar-refractivity contribution in [2.75, 3.05) is 60.9 Å². The zero-order valence-corrected chi connectivity index (χ0v) is 25.0. The van der Waals surface area contributed by atoms with Crippen LogP contribution in [0, 0.1) is 6.92 Å². The summed E-state index contributed by atoms with van der Waals surface area (Å²) in [6, 6.07) is 26.9. The van der Waals surface area contributed by atoms with Gasteiger partial charge in [0.1, 0.15) is 0 Å². The van der Waals surface area contributed by atoms with Crippen molar-refractivity contribution in [3.63, 3.8) is 0 Å². The number of anilines is 5. The number of carbonyl (C=O) groups is 1. The van der Waals surface area contributed by atoms with E-state index in [-0.39, 0.29) is 0 Å². The van der Waals surface area contributed by atoms with E-state index in [0.717, 1.165) is 58.2 Å². The molecule has 1 unspecified atom stereocenters. The molecule has 3 aromatic carbocycles. The fraction of sp³-hybridized carbons (Fsp3) is 0.294. The average molecular weight is 550 g/mol. The van der Waals surface area contributed by atoms with Gasteiger partial charge in [-0.3, -0.25) is 4.90 Å². The highest BCUT2D eigenvalue weighted by atomic mass is 16.6. The molecule has 4 aromatic rings. The highest BCUT2D eigenvalue weighted by Gasteiger charge is 2.54. The second kappa shape index (κ2) is 11.2. The van der Waals surface area contributed by atoms with Gasteiger partial charge in [0.25, 0.3) is 0 Å². The first-order valence-electron chi connectivity index (χ1n) is 14.1. The summed E-state index contributed by atoms with van der Waals surface area (Å²) >= 11 is 0. The van der Waals surface area contributed by atoms with Gasteiger partial charge in [-0.15, -0.1) is 0 Å².